The van der Waals surface area contributed by atoms with Gasteiger partial charge in [-0.15, -0.1) is 0 Å². The first kappa shape index (κ1) is 10.4. The van der Waals surface area contributed by atoms with Gasteiger partial charge >= 0.3 is 0 Å². The Bertz CT molecular complexity index is 314. The van der Waals surface area contributed by atoms with Crippen LogP contribution in [0.3, 0.4) is 0 Å². The first-order chi connectivity index (χ1) is 7.29. The summed E-state index contributed by atoms with van der Waals surface area (Å²) in [5.41, 5.74) is 5.70. The Labute approximate surface area is 90.3 Å². The highest BCUT2D eigenvalue weighted by molar-refractivity contribution is 5.25. The maximum absolute atomic E-state index is 5.70. The molecular weight excluding hydrogens is 190 g/mol. The molecule has 3 N–H and O–H groups in total. The summed E-state index contributed by atoms with van der Waals surface area (Å²) >= 11 is 0. The van der Waals surface area contributed by atoms with Crippen LogP contribution in [-0.2, 0) is 13.1 Å². The van der Waals surface area contributed by atoms with E-state index in [9.17, 15) is 0 Å². The Morgan fingerprint density at radius 1 is 1.47 bits per heavy atom. The molecule has 1 aromatic heterocycles. The second kappa shape index (κ2) is 4.63. The topological polar surface area (TPSA) is 59.1 Å². The maximum Gasteiger partial charge on any atom is 0.141 e. The van der Waals surface area contributed by atoms with Crippen molar-refractivity contribution in [3.63, 3.8) is 0 Å². The van der Waals surface area contributed by atoms with Gasteiger partial charge in [0.2, 0.25) is 0 Å². The highest BCUT2D eigenvalue weighted by Gasteiger charge is 2.13. The van der Waals surface area contributed by atoms with Crippen LogP contribution in [0.15, 0.2) is 6.20 Å². The number of nitrogens with two attached hydrogens (primary N) is 1. The largest absolute Gasteiger partial charge is 0.382 e. The fourth-order valence-corrected chi connectivity index (χ4v) is 1.95. The molecule has 1 aromatic rings. The molecule has 1 saturated heterocycles. The summed E-state index contributed by atoms with van der Waals surface area (Å²) in [5.74, 6) is 1.71. The molecule has 2 rings (SSSR count). The van der Waals surface area contributed by atoms with Gasteiger partial charge in [0.1, 0.15) is 11.6 Å². The summed E-state index contributed by atoms with van der Waals surface area (Å²) in [5, 5.41) is 3.34. The van der Waals surface area contributed by atoms with E-state index in [1.165, 1.54) is 0 Å². The van der Waals surface area contributed by atoms with Crippen molar-refractivity contribution >= 4 is 5.82 Å². The summed E-state index contributed by atoms with van der Waals surface area (Å²) < 4.78 is 2.12. The smallest absolute Gasteiger partial charge is 0.141 e. The lowest BCUT2D eigenvalue weighted by Crippen LogP contribution is -2.43. The Morgan fingerprint density at radius 3 is 2.87 bits per heavy atom. The molecule has 0 saturated carbocycles. The van der Waals surface area contributed by atoms with Crippen LogP contribution in [0.5, 0.6) is 0 Å². The van der Waals surface area contributed by atoms with Crippen molar-refractivity contribution in [1.82, 2.24) is 19.8 Å². The molecular formula is C10H19N5. The van der Waals surface area contributed by atoms with Crippen LogP contribution in [0.25, 0.3) is 0 Å². The lowest BCUT2D eigenvalue weighted by molar-refractivity contribution is 0.225. The van der Waals surface area contributed by atoms with Crippen LogP contribution in [-0.4, -0.2) is 40.6 Å². The SMILES string of the molecule is CCn1cc(N)nc1CN1CCNCC1. The standard InChI is InChI=1S/C10H19N5/c1-2-15-7-9(11)13-10(15)8-14-5-3-12-4-6-14/h7,12H,2-6,8,11H2,1H3. The Hall–Kier alpha value is -1.07. The van der Waals surface area contributed by atoms with E-state index in [4.69, 9.17) is 5.73 Å². The van der Waals surface area contributed by atoms with Crippen molar-refractivity contribution in [1.29, 1.82) is 0 Å². The van der Waals surface area contributed by atoms with Gasteiger partial charge in [-0.05, 0) is 6.92 Å². The van der Waals surface area contributed by atoms with Crippen molar-refractivity contribution < 1.29 is 0 Å². The van der Waals surface area contributed by atoms with Gasteiger partial charge in [-0.25, -0.2) is 4.98 Å². The van der Waals surface area contributed by atoms with Gasteiger partial charge in [-0.2, -0.15) is 0 Å². The number of nitrogen functional groups attached to an aromatic ring is 1. The van der Waals surface area contributed by atoms with Gasteiger partial charge < -0.3 is 15.6 Å². The second-order valence-electron chi connectivity index (χ2n) is 3.89. The molecule has 5 heteroatoms. The Kier molecular flexibility index (Phi) is 3.23. The summed E-state index contributed by atoms with van der Waals surface area (Å²) in [7, 11) is 0. The van der Waals surface area contributed by atoms with Gasteiger partial charge in [0.15, 0.2) is 0 Å². The molecule has 0 radical (unpaired) electrons. The number of rotatable bonds is 3. The molecule has 0 aromatic carbocycles. The highest BCUT2D eigenvalue weighted by atomic mass is 15.2. The molecule has 1 aliphatic rings. The fraction of sp³-hybridized carbons (Fsp3) is 0.700. The van der Waals surface area contributed by atoms with Crippen molar-refractivity contribution in [2.24, 2.45) is 0 Å². The van der Waals surface area contributed by atoms with Crippen molar-refractivity contribution in [3.8, 4) is 0 Å². The van der Waals surface area contributed by atoms with Gasteiger partial charge in [-0.3, -0.25) is 4.90 Å². The van der Waals surface area contributed by atoms with E-state index >= 15 is 0 Å². The molecule has 0 amide bonds. The molecule has 0 bridgehead atoms. The lowest BCUT2D eigenvalue weighted by Gasteiger charge is -2.26. The van der Waals surface area contributed by atoms with Gasteiger partial charge in [0.05, 0.1) is 6.54 Å². The first-order valence-electron chi connectivity index (χ1n) is 5.54. The minimum atomic E-state index is 0.627. The Balaban J connectivity index is 2.02. The molecule has 2 heterocycles. The number of hydrogen-bond acceptors (Lipinski definition) is 4. The number of anilines is 1. The monoisotopic (exact) mass is 209 g/mol. The minimum absolute atomic E-state index is 0.627. The van der Waals surface area contributed by atoms with Crippen LogP contribution in [0, 0.1) is 0 Å². The van der Waals surface area contributed by atoms with E-state index in [0.29, 0.717) is 5.82 Å². The van der Waals surface area contributed by atoms with Gasteiger partial charge in [0.25, 0.3) is 0 Å². The molecule has 0 atom stereocenters. The number of nitrogens with zero attached hydrogens (tertiary/aromatic N) is 3. The Morgan fingerprint density at radius 2 is 2.20 bits per heavy atom. The minimum Gasteiger partial charge on any atom is -0.382 e. The number of nitrogens with one attached hydrogen (secondary N) is 1. The van der Waals surface area contributed by atoms with E-state index in [1.807, 2.05) is 6.20 Å². The first-order valence-corrected chi connectivity index (χ1v) is 5.54. The van der Waals surface area contributed by atoms with E-state index in [-0.39, 0.29) is 0 Å². The molecule has 0 aliphatic carbocycles. The summed E-state index contributed by atoms with van der Waals surface area (Å²) in [6.07, 6.45) is 1.91. The number of aromatic nitrogens is 2. The van der Waals surface area contributed by atoms with Crippen LogP contribution in [0.4, 0.5) is 5.82 Å². The summed E-state index contributed by atoms with van der Waals surface area (Å²) in [6, 6.07) is 0. The number of piperazine rings is 1. The summed E-state index contributed by atoms with van der Waals surface area (Å²) in [6.45, 7) is 8.29. The highest BCUT2D eigenvalue weighted by Crippen LogP contribution is 2.08. The molecule has 5 nitrogen and oxygen atoms in total. The second-order valence-corrected chi connectivity index (χ2v) is 3.89. The van der Waals surface area contributed by atoms with Crippen LogP contribution in [0.2, 0.25) is 0 Å². The van der Waals surface area contributed by atoms with Crippen LogP contribution < -0.4 is 11.1 Å². The van der Waals surface area contributed by atoms with E-state index in [2.05, 4.69) is 26.7 Å². The third kappa shape index (κ3) is 2.49. The average molecular weight is 209 g/mol. The maximum atomic E-state index is 5.70. The third-order valence-corrected chi connectivity index (χ3v) is 2.79. The zero-order valence-electron chi connectivity index (χ0n) is 9.24. The van der Waals surface area contributed by atoms with Crippen molar-refractivity contribution in [3.05, 3.63) is 12.0 Å². The zero-order chi connectivity index (χ0) is 10.7. The normalized spacial score (nSPS) is 18.2. The predicted molar refractivity (Wildman–Crippen MR) is 60.5 cm³/mol. The molecule has 0 spiro atoms. The molecule has 84 valence electrons. The molecule has 1 fully saturated rings. The average Bonchev–Trinajstić information content (AvgIpc) is 2.60. The molecule has 1 aliphatic heterocycles. The van der Waals surface area contributed by atoms with E-state index in [0.717, 1.165) is 45.1 Å². The van der Waals surface area contributed by atoms with E-state index in [1.54, 1.807) is 0 Å². The van der Waals surface area contributed by atoms with Crippen LogP contribution >= 0.6 is 0 Å². The zero-order valence-corrected chi connectivity index (χ0v) is 9.24. The number of hydrogen-bond donors (Lipinski definition) is 2. The van der Waals surface area contributed by atoms with Crippen molar-refractivity contribution in [2.75, 3.05) is 31.9 Å². The van der Waals surface area contributed by atoms with Crippen LogP contribution in [0.1, 0.15) is 12.7 Å². The van der Waals surface area contributed by atoms with Gasteiger partial charge in [-0.1, -0.05) is 0 Å². The number of aryl methyl sites for hydroxylation is 1. The predicted octanol–water partition coefficient (Wildman–Crippen LogP) is -0.110. The fourth-order valence-electron chi connectivity index (χ4n) is 1.95. The van der Waals surface area contributed by atoms with Gasteiger partial charge in [0, 0.05) is 38.9 Å². The lowest BCUT2D eigenvalue weighted by atomic mass is 10.3. The molecule has 15 heavy (non-hydrogen) atoms. The summed E-state index contributed by atoms with van der Waals surface area (Å²) in [4.78, 5) is 6.76. The third-order valence-electron chi connectivity index (χ3n) is 2.79. The van der Waals surface area contributed by atoms with Crippen molar-refractivity contribution in [2.45, 2.75) is 20.0 Å². The number of imidazole rings is 1. The van der Waals surface area contributed by atoms with E-state index < -0.39 is 0 Å². The quantitative estimate of drug-likeness (QED) is 0.729. The molecule has 0 unspecified atom stereocenters.